The van der Waals surface area contributed by atoms with Crippen LogP contribution < -0.4 is 14.8 Å². The number of hydrogen-bond acceptors (Lipinski definition) is 4. The molecule has 0 atom stereocenters. The molecule has 0 amide bonds. The number of aromatic nitrogens is 2. The van der Waals surface area contributed by atoms with Gasteiger partial charge in [-0.05, 0) is 35.4 Å². The molecule has 0 aliphatic rings. The lowest BCUT2D eigenvalue weighted by Crippen LogP contribution is -1.90. The van der Waals surface area contributed by atoms with Gasteiger partial charge in [0, 0.05) is 23.4 Å². The van der Waals surface area contributed by atoms with Crippen LogP contribution in [-0.4, -0.2) is 24.4 Å². The van der Waals surface area contributed by atoms with Gasteiger partial charge in [0.25, 0.3) is 0 Å². The van der Waals surface area contributed by atoms with Crippen molar-refractivity contribution in [3.8, 4) is 33.9 Å². The summed E-state index contributed by atoms with van der Waals surface area (Å²) in [7, 11) is 3.31. The molecule has 0 bridgehead atoms. The number of nitrogens with zero attached hydrogens (tertiary/aromatic N) is 1. The molecule has 4 aromatic rings. The van der Waals surface area contributed by atoms with Gasteiger partial charge >= 0.3 is 0 Å². The monoisotopic (exact) mass is 371 g/mol. The van der Waals surface area contributed by atoms with E-state index in [1.165, 1.54) is 0 Å². The van der Waals surface area contributed by atoms with Crippen molar-refractivity contribution < 1.29 is 9.47 Å². The van der Waals surface area contributed by atoms with Crippen molar-refractivity contribution >= 4 is 11.5 Å². The number of methoxy groups -OCH3 is 2. The minimum atomic E-state index is 0.771. The maximum absolute atomic E-state index is 5.51. The summed E-state index contributed by atoms with van der Waals surface area (Å²) in [6, 6.07) is 26.1. The van der Waals surface area contributed by atoms with Crippen LogP contribution in [0, 0.1) is 0 Å². The number of ether oxygens (including phenoxy) is 2. The van der Waals surface area contributed by atoms with Crippen LogP contribution in [0.1, 0.15) is 0 Å². The minimum absolute atomic E-state index is 0.771. The smallest absolute Gasteiger partial charge is 0.152 e. The maximum Gasteiger partial charge on any atom is 0.152 e. The lowest BCUT2D eigenvalue weighted by Gasteiger charge is -2.11. The van der Waals surface area contributed by atoms with Crippen molar-refractivity contribution in [3.05, 3.63) is 78.9 Å². The van der Waals surface area contributed by atoms with Gasteiger partial charge in [-0.15, -0.1) is 0 Å². The highest BCUT2D eigenvalue weighted by molar-refractivity contribution is 5.75. The average molecular weight is 371 g/mol. The number of benzene rings is 3. The normalized spacial score (nSPS) is 10.5. The molecule has 5 nitrogen and oxygen atoms in total. The van der Waals surface area contributed by atoms with Crippen LogP contribution in [0.5, 0.6) is 11.5 Å². The van der Waals surface area contributed by atoms with Crippen LogP contribution in [-0.2, 0) is 0 Å². The van der Waals surface area contributed by atoms with Gasteiger partial charge in [0.05, 0.1) is 19.9 Å². The molecule has 0 aliphatic carbocycles. The van der Waals surface area contributed by atoms with E-state index in [0.717, 1.165) is 45.4 Å². The molecule has 0 saturated heterocycles. The first-order valence-electron chi connectivity index (χ1n) is 8.97. The number of nitrogens with one attached hydrogen (secondary N) is 2. The Bertz CT molecular complexity index is 1060. The summed E-state index contributed by atoms with van der Waals surface area (Å²) in [5.74, 6) is 2.33. The van der Waals surface area contributed by atoms with Crippen molar-refractivity contribution in [1.29, 1.82) is 0 Å². The standard InChI is InChI=1S/C23H21N3O2/c1-27-19-12-13-20(22(14-19)28-2)16-8-10-17(11-9-16)21-15-23(26-25-21)24-18-6-4-3-5-7-18/h3-15H,1-2H3,(H2,24,25,26). The molecule has 2 N–H and O–H groups in total. The third kappa shape index (κ3) is 3.69. The largest absolute Gasteiger partial charge is 0.497 e. The van der Waals surface area contributed by atoms with E-state index in [1.807, 2.05) is 54.6 Å². The number of H-pyrrole nitrogens is 1. The number of aromatic amines is 1. The van der Waals surface area contributed by atoms with Gasteiger partial charge in [-0.2, -0.15) is 5.10 Å². The second-order valence-electron chi connectivity index (χ2n) is 6.30. The van der Waals surface area contributed by atoms with Crippen LogP contribution in [0.15, 0.2) is 78.9 Å². The number of hydrogen-bond donors (Lipinski definition) is 2. The lowest BCUT2D eigenvalue weighted by molar-refractivity contribution is 0.395. The van der Waals surface area contributed by atoms with E-state index in [0.29, 0.717) is 0 Å². The highest BCUT2D eigenvalue weighted by atomic mass is 16.5. The topological polar surface area (TPSA) is 59.2 Å². The van der Waals surface area contributed by atoms with E-state index in [1.54, 1.807) is 14.2 Å². The molecule has 0 saturated carbocycles. The third-order valence-corrected chi connectivity index (χ3v) is 4.54. The zero-order chi connectivity index (χ0) is 19.3. The highest BCUT2D eigenvalue weighted by Crippen LogP contribution is 2.34. The summed E-state index contributed by atoms with van der Waals surface area (Å²) in [6.07, 6.45) is 0. The molecule has 0 radical (unpaired) electrons. The summed E-state index contributed by atoms with van der Waals surface area (Å²) < 4.78 is 10.8. The first-order valence-corrected chi connectivity index (χ1v) is 8.97. The molecule has 0 spiro atoms. The molecule has 140 valence electrons. The van der Waals surface area contributed by atoms with E-state index in [9.17, 15) is 0 Å². The highest BCUT2D eigenvalue weighted by Gasteiger charge is 2.09. The first-order chi connectivity index (χ1) is 13.8. The van der Waals surface area contributed by atoms with Crippen molar-refractivity contribution in [2.45, 2.75) is 0 Å². The van der Waals surface area contributed by atoms with Crippen LogP contribution in [0.4, 0.5) is 11.5 Å². The molecule has 0 aliphatic heterocycles. The second kappa shape index (κ2) is 7.88. The predicted octanol–water partition coefficient (Wildman–Crippen LogP) is 5.50. The molecular formula is C23H21N3O2. The van der Waals surface area contributed by atoms with Gasteiger partial charge in [0.1, 0.15) is 11.5 Å². The Kier molecular flexibility index (Phi) is 4.97. The van der Waals surface area contributed by atoms with Crippen LogP contribution in [0.2, 0.25) is 0 Å². The summed E-state index contributed by atoms with van der Waals surface area (Å²) in [6.45, 7) is 0. The van der Waals surface area contributed by atoms with Crippen LogP contribution in [0.3, 0.4) is 0 Å². The molecule has 28 heavy (non-hydrogen) atoms. The SMILES string of the molecule is COc1ccc(-c2ccc(-c3cc(Nc4ccccc4)n[nH]3)cc2)c(OC)c1. The fraction of sp³-hybridized carbons (Fsp3) is 0.0870. The van der Waals surface area contributed by atoms with E-state index < -0.39 is 0 Å². The van der Waals surface area contributed by atoms with Crippen LogP contribution in [0.25, 0.3) is 22.4 Å². The Morgan fingerprint density at radius 3 is 2.25 bits per heavy atom. The summed E-state index contributed by atoms with van der Waals surface area (Å²) in [5.41, 5.74) is 5.11. The Hall–Kier alpha value is -3.73. The summed E-state index contributed by atoms with van der Waals surface area (Å²) in [4.78, 5) is 0. The van der Waals surface area contributed by atoms with Gasteiger partial charge in [-0.3, -0.25) is 5.10 Å². The fourth-order valence-corrected chi connectivity index (χ4v) is 3.07. The van der Waals surface area contributed by atoms with E-state index >= 15 is 0 Å². The lowest BCUT2D eigenvalue weighted by atomic mass is 10.0. The van der Waals surface area contributed by atoms with Crippen LogP contribution >= 0.6 is 0 Å². The van der Waals surface area contributed by atoms with E-state index in [4.69, 9.17) is 9.47 Å². The summed E-state index contributed by atoms with van der Waals surface area (Å²) in [5, 5.41) is 10.7. The van der Waals surface area contributed by atoms with Gasteiger partial charge in [-0.1, -0.05) is 42.5 Å². The Morgan fingerprint density at radius 2 is 1.54 bits per heavy atom. The molecule has 5 heteroatoms. The number of anilines is 2. The van der Waals surface area contributed by atoms with E-state index in [-0.39, 0.29) is 0 Å². The Morgan fingerprint density at radius 1 is 0.786 bits per heavy atom. The average Bonchev–Trinajstić information content (AvgIpc) is 3.22. The predicted molar refractivity (Wildman–Crippen MR) is 112 cm³/mol. The Labute approximate surface area is 164 Å². The maximum atomic E-state index is 5.51. The minimum Gasteiger partial charge on any atom is -0.497 e. The molecular weight excluding hydrogens is 350 g/mol. The first kappa shape index (κ1) is 17.7. The van der Waals surface area contributed by atoms with Gasteiger partial charge in [0.15, 0.2) is 5.82 Å². The molecule has 3 aromatic carbocycles. The molecule has 1 aromatic heterocycles. The zero-order valence-corrected chi connectivity index (χ0v) is 15.8. The molecule has 0 fully saturated rings. The zero-order valence-electron chi connectivity index (χ0n) is 15.8. The number of rotatable bonds is 6. The second-order valence-corrected chi connectivity index (χ2v) is 6.30. The Balaban J connectivity index is 1.56. The number of para-hydroxylation sites is 1. The van der Waals surface area contributed by atoms with Gasteiger partial charge < -0.3 is 14.8 Å². The van der Waals surface area contributed by atoms with Gasteiger partial charge in [-0.25, -0.2) is 0 Å². The fourth-order valence-electron chi connectivity index (χ4n) is 3.07. The van der Waals surface area contributed by atoms with Crippen molar-refractivity contribution in [2.75, 3.05) is 19.5 Å². The summed E-state index contributed by atoms with van der Waals surface area (Å²) >= 11 is 0. The van der Waals surface area contributed by atoms with Crippen molar-refractivity contribution in [3.63, 3.8) is 0 Å². The van der Waals surface area contributed by atoms with Crippen molar-refractivity contribution in [1.82, 2.24) is 10.2 Å². The molecule has 1 heterocycles. The van der Waals surface area contributed by atoms with Gasteiger partial charge in [0.2, 0.25) is 0 Å². The molecule has 4 rings (SSSR count). The van der Waals surface area contributed by atoms with E-state index in [2.05, 4.69) is 39.8 Å². The molecule has 0 unspecified atom stereocenters. The van der Waals surface area contributed by atoms with Crippen molar-refractivity contribution in [2.24, 2.45) is 0 Å². The quantitative estimate of drug-likeness (QED) is 0.469. The third-order valence-electron chi connectivity index (χ3n) is 4.54.